The lowest BCUT2D eigenvalue weighted by Crippen LogP contribution is -2.25. The van der Waals surface area contributed by atoms with Crippen LogP contribution in [-0.2, 0) is 9.53 Å². The molecule has 5 heteroatoms. The van der Waals surface area contributed by atoms with Crippen LogP contribution < -0.4 is 11.1 Å². The van der Waals surface area contributed by atoms with Crippen molar-refractivity contribution in [3.05, 3.63) is 29.8 Å². The van der Waals surface area contributed by atoms with Crippen molar-refractivity contribution < 1.29 is 14.3 Å². The van der Waals surface area contributed by atoms with E-state index in [1.807, 2.05) is 0 Å². The van der Waals surface area contributed by atoms with Crippen molar-refractivity contribution in [2.45, 2.75) is 0 Å². The summed E-state index contributed by atoms with van der Waals surface area (Å²) in [5.74, 6) is -0.963. The van der Waals surface area contributed by atoms with E-state index in [0.717, 1.165) is 0 Å². The highest BCUT2D eigenvalue weighted by Crippen LogP contribution is 2.11. The summed E-state index contributed by atoms with van der Waals surface area (Å²) in [6, 6.07) is 6.52. The van der Waals surface area contributed by atoms with Gasteiger partial charge in [-0.3, -0.25) is 4.79 Å². The fraction of sp³-hybridized carbons (Fsp3) is 0.200. The Kier molecular flexibility index (Phi) is 3.68. The summed E-state index contributed by atoms with van der Waals surface area (Å²) in [6.45, 7) is -0.302. The number of nitrogens with two attached hydrogens (primary N) is 1. The van der Waals surface area contributed by atoms with E-state index in [9.17, 15) is 9.59 Å². The molecule has 1 amide bonds. The third-order valence-corrected chi connectivity index (χ3v) is 1.79. The van der Waals surface area contributed by atoms with Crippen LogP contribution in [0.2, 0.25) is 0 Å². The summed E-state index contributed by atoms with van der Waals surface area (Å²) in [5, 5.41) is 2.34. The van der Waals surface area contributed by atoms with Gasteiger partial charge in [-0.1, -0.05) is 12.1 Å². The van der Waals surface area contributed by atoms with Crippen molar-refractivity contribution in [2.75, 3.05) is 19.4 Å². The molecule has 1 aromatic carbocycles. The molecule has 0 aliphatic heterocycles. The van der Waals surface area contributed by atoms with Gasteiger partial charge in [0.15, 0.2) is 6.61 Å². The topological polar surface area (TPSA) is 81.4 Å². The van der Waals surface area contributed by atoms with Gasteiger partial charge in [-0.05, 0) is 12.1 Å². The zero-order valence-corrected chi connectivity index (χ0v) is 8.32. The normalized spacial score (nSPS) is 9.40. The second kappa shape index (κ2) is 4.99. The third-order valence-electron chi connectivity index (χ3n) is 1.79. The lowest BCUT2D eigenvalue weighted by atomic mass is 10.2. The molecule has 0 atom stereocenters. The molecule has 0 saturated heterocycles. The van der Waals surface area contributed by atoms with Gasteiger partial charge in [-0.15, -0.1) is 0 Å². The van der Waals surface area contributed by atoms with E-state index in [1.54, 1.807) is 24.3 Å². The van der Waals surface area contributed by atoms with Gasteiger partial charge >= 0.3 is 5.97 Å². The lowest BCUT2D eigenvalue weighted by molar-refractivity contribution is -0.123. The van der Waals surface area contributed by atoms with E-state index < -0.39 is 5.97 Å². The Morgan fingerprint density at radius 2 is 2.07 bits per heavy atom. The minimum Gasteiger partial charge on any atom is -0.452 e. The Balaban J connectivity index is 2.62. The summed E-state index contributed by atoms with van der Waals surface area (Å²) < 4.78 is 4.73. The molecule has 15 heavy (non-hydrogen) atoms. The zero-order chi connectivity index (χ0) is 11.3. The van der Waals surface area contributed by atoms with Gasteiger partial charge in [0.1, 0.15) is 0 Å². The maximum atomic E-state index is 11.4. The molecule has 0 aliphatic rings. The highest BCUT2D eigenvalue weighted by molar-refractivity contribution is 5.96. The summed E-state index contributed by atoms with van der Waals surface area (Å²) in [6.07, 6.45) is 0. The number of nitrogen functional groups attached to an aromatic ring is 1. The number of likely N-dealkylation sites (N-methyl/N-ethyl adjacent to an activating group) is 1. The number of hydrogen-bond acceptors (Lipinski definition) is 4. The van der Waals surface area contributed by atoms with Crippen molar-refractivity contribution in [2.24, 2.45) is 0 Å². The summed E-state index contributed by atoms with van der Waals surface area (Å²) >= 11 is 0. The second-order valence-corrected chi connectivity index (χ2v) is 2.84. The number of amides is 1. The summed E-state index contributed by atoms with van der Waals surface area (Å²) in [7, 11) is 1.47. The molecule has 1 aromatic rings. The molecule has 5 nitrogen and oxygen atoms in total. The van der Waals surface area contributed by atoms with Gasteiger partial charge in [0.05, 0.1) is 5.56 Å². The van der Waals surface area contributed by atoms with E-state index in [0.29, 0.717) is 5.69 Å². The highest BCUT2D eigenvalue weighted by atomic mass is 16.5. The monoisotopic (exact) mass is 208 g/mol. The molecule has 0 saturated carbocycles. The number of hydrogen-bond donors (Lipinski definition) is 2. The number of nitrogens with one attached hydrogen (secondary N) is 1. The average Bonchev–Trinajstić information content (AvgIpc) is 2.26. The van der Waals surface area contributed by atoms with Crippen LogP contribution in [0.5, 0.6) is 0 Å². The molecule has 0 bridgehead atoms. The standard InChI is InChI=1S/C10H12N2O3/c1-12-9(13)6-15-10(14)7-4-2-3-5-8(7)11/h2-5H,6,11H2,1H3,(H,12,13). The van der Waals surface area contributed by atoms with Gasteiger partial charge in [0.25, 0.3) is 5.91 Å². The number of ether oxygens (including phenoxy) is 1. The predicted molar refractivity (Wildman–Crippen MR) is 55.2 cm³/mol. The summed E-state index contributed by atoms with van der Waals surface area (Å²) in [4.78, 5) is 22.2. The van der Waals surface area contributed by atoms with Crippen LogP contribution in [0.15, 0.2) is 24.3 Å². The van der Waals surface area contributed by atoms with E-state index in [1.165, 1.54) is 7.05 Å². The Morgan fingerprint density at radius 3 is 2.67 bits per heavy atom. The first kappa shape index (κ1) is 11.0. The predicted octanol–water partition coefficient (Wildman–Crippen LogP) is 0.172. The van der Waals surface area contributed by atoms with Crippen molar-refractivity contribution in [3.8, 4) is 0 Å². The number of carbonyl (C=O) groups is 2. The molecule has 0 spiro atoms. The Labute approximate surface area is 87.2 Å². The van der Waals surface area contributed by atoms with Crippen LogP contribution >= 0.6 is 0 Å². The number of para-hydroxylation sites is 1. The van der Waals surface area contributed by atoms with Crippen LogP contribution in [0.3, 0.4) is 0 Å². The van der Waals surface area contributed by atoms with E-state index in [2.05, 4.69) is 5.32 Å². The number of carbonyl (C=O) groups excluding carboxylic acids is 2. The lowest BCUT2D eigenvalue weighted by Gasteiger charge is -2.05. The van der Waals surface area contributed by atoms with Crippen LogP contribution in [0.4, 0.5) is 5.69 Å². The van der Waals surface area contributed by atoms with Crippen LogP contribution in [-0.4, -0.2) is 25.5 Å². The smallest absolute Gasteiger partial charge is 0.340 e. The molecule has 80 valence electrons. The molecule has 0 fully saturated rings. The Hall–Kier alpha value is -2.04. The molecule has 0 radical (unpaired) electrons. The molecular formula is C10H12N2O3. The van der Waals surface area contributed by atoms with E-state index in [4.69, 9.17) is 10.5 Å². The van der Waals surface area contributed by atoms with E-state index in [-0.39, 0.29) is 18.1 Å². The van der Waals surface area contributed by atoms with E-state index >= 15 is 0 Å². The average molecular weight is 208 g/mol. The van der Waals surface area contributed by atoms with Crippen molar-refractivity contribution in [3.63, 3.8) is 0 Å². The van der Waals surface area contributed by atoms with Crippen LogP contribution in [0.1, 0.15) is 10.4 Å². The molecular weight excluding hydrogens is 196 g/mol. The molecule has 0 aliphatic carbocycles. The van der Waals surface area contributed by atoms with Gasteiger partial charge in [-0.2, -0.15) is 0 Å². The Morgan fingerprint density at radius 1 is 1.40 bits per heavy atom. The second-order valence-electron chi connectivity index (χ2n) is 2.84. The first-order chi connectivity index (χ1) is 7.15. The van der Waals surface area contributed by atoms with Gasteiger partial charge in [-0.25, -0.2) is 4.79 Å². The quantitative estimate of drug-likeness (QED) is 0.548. The zero-order valence-electron chi connectivity index (χ0n) is 8.32. The van der Waals surface area contributed by atoms with Gasteiger partial charge in [0.2, 0.25) is 0 Å². The van der Waals surface area contributed by atoms with Gasteiger partial charge < -0.3 is 15.8 Å². The van der Waals surface area contributed by atoms with Crippen molar-refractivity contribution >= 4 is 17.6 Å². The van der Waals surface area contributed by atoms with Crippen LogP contribution in [0, 0.1) is 0 Å². The number of rotatable bonds is 3. The first-order valence-corrected chi connectivity index (χ1v) is 4.37. The van der Waals surface area contributed by atoms with Gasteiger partial charge in [0, 0.05) is 12.7 Å². The van der Waals surface area contributed by atoms with Crippen molar-refractivity contribution in [1.29, 1.82) is 0 Å². The minimum absolute atomic E-state index is 0.265. The maximum Gasteiger partial charge on any atom is 0.340 e. The minimum atomic E-state index is -0.600. The SMILES string of the molecule is CNC(=O)COC(=O)c1ccccc1N. The number of benzene rings is 1. The van der Waals surface area contributed by atoms with Crippen LogP contribution in [0.25, 0.3) is 0 Å². The fourth-order valence-corrected chi connectivity index (χ4v) is 0.964. The molecule has 0 unspecified atom stereocenters. The number of anilines is 1. The highest BCUT2D eigenvalue weighted by Gasteiger charge is 2.11. The first-order valence-electron chi connectivity index (χ1n) is 4.37. The Bertz CT molecular complexity index is 377. The fourth-order valence-electron chi connectivity index (χ4n) is 0.964. The molecule has 3 N–H and O–H groups in total. The summed E-state index contributed by atoms with van der Waals surface area (Å²) in [5.41, 5.74) is 6.16. The largest absolute Gasteiger partial charge is 0.452 e. The third kappa shape index (κ3) is 2.98. The molecule has 1 rings (SSSR count). The maximum absolute atomic E-state index is 11.4. The molecule has 0 heterocycles. The van der Waals surface area contributed by atoms with Crippen molar-refractivity contribution in [1.82, 2.24) is 5.32 Å². The molecule has 0 aromatic heterocycles. The number of esters is 1.